The van der Waals surface area contributed by atoms with Crippen molar-refractivity contribution in [1.29, 1.82) is 0 Å². The molecular weight excluding hydrogens is 144 g/mol. The van der Waals surface area contributed by atoms with Gasteiger partial charge in [-0.05, 0) is 0 Å². The van der Waals surface area contributed by atoms with Crippen LogP contribution < -0.4 is 4.72 Å². The first kappa shape index (κ1) is 6.24. The molecule has 50 valence electrons. The molecule has 0 fully saturated rings. The first-order valence-corrected chi connectivity index (χ1v) is 3.17. The first-order valence-electron chi connectivity index (χ1n) is 2.07. The number of nitrogens with one attached hydrogen (secondary N) is 1. The molecule has 0 saturated heterocycles. The van der Waals surface area contributed by atoms with Crippen LogP contribution in [0.5, 0.6) is 0 Å². The largest absolute Gasteiger partial charge is 0.363 e. The molecule has 0 amide bonds. The number of anilines is 1. The average Bonchev–Trinajstić information content (AvgIpc) is 2.15. The summed E-state index contributed by atoms with van der Waals surface area (Å²) in [5, 5.41) is 3.32. The lowest BCUT2D eigenvalue weighted by Crippen LogP contribution is -2.01. The van der Waals surface area contributed by atoms with Gasteiger partial charge in [-0.15, -0.1) is 0 Å². The van der Waals surface area contributed by atoms with Gasteiger partial charge in [-0.2, -0.15) is 0 Å². The summed E-state index contributed by atoms with van der Waals surface area (Å²) in [5.41, 5.74) is 0. The van der Waals surface area contributed by atoms with Crippen molar-refractivity contribution in [3.8, 4) is 0 Å². The molecule has 0 aliphatic heterocycles. The van der Waals surface area contributed by atoms with Gasteiger partial charge in [-0.25, -0.2) is 4.21 Å². The van der Waals surface area contributed by atoms with Gasteiger partial charge < -0.3 is 4.52 Å². The van der Waals surface area contributed by atoms with E-state index in [1.165, 1.54) is 12.3 Å². The molecule has 0 saturated carbocycles. The van der Waals surface area contributed by atoms with E-state index in [0.29, 0.717) is 0 Å². The van der Waals surface area contributed by atoms with Crippen molar-refractivity contribution in [3.63, 3.8) is 0 Å². The summed E-state index contributed by atoms with van der Waals surface area (Å²) in [6.07, 6.45) is 1.30. The number of hydrogen-bond donors (Lipinski definition) is 2. The topological polar surface area (TPSA) is 75.4 Å². The minimum atomic E-state index is -2.07. The van der Waals surface area contributed by atoms with Crippen molar-refractivity contribution >= 4 is 17.1 Å². The van der Waals surface area contributed by atoms with Crippen molar-refractivity contribution in [2.75, 3.05) is 4.72 Å². The zero-order valence-corrected chi connectivity index (χ0v) is 5.09. The maximum Gasteiger partial charge on any atom is 0.260 e. The molecule has 0 aromatic carbocycles. The van der Waals surface area contributed by atoms with Gasteiger partial charge in [0.1, 0.15) is 6.26 Å². The Morgan fingerprint density at radius 1 is 1.89 bits per heavy atom. The Kier molecular flexibility index (Phi) is 1.81. The van der Waals surface area contributed by atoms with Crippen LogP contribution in [0.15, 0.2) is 16.9 Å². The molecule has 1 rings (SSSR count). The Morgan fingerprint density at radius 2 is 2.67 bits per heavy atom. The fraction of sp³-hybridized carbons (Fsp3) is 0. The second-order valence-corrected chi connectivity index (χ2v) is 1.94. The Hall–Kier alpha value is -0.880. The maximum atomic E-state index is 9.98. The molecular formula is C3H4N2O3S. The van der Waals surface area contributed by atoms with E-state index < -0.39 is 11.3 Å². The minimum Gasteiger partial charge on any atom is -0.363 e. The molecule has 0 spiro atoms. The third-order valence-corrected chi connectivity index (χ3v) is 1.01. The van der Waals surface area contributed by atoms with Crippen LogP contribution in [0.3, 0.4) is 0 Å². The molecule has 1 unspecified atom stereocenters. The summed E-state index contributed by atoms with van der Waals surface area (Å²) in [4.78, 5) is 0. The zero-order chi connectivity index (χ0) is 6.69. The predicted octanol–water partition coefficient (Wildman–Crippen LogP) is 0.223. The van der Waals surface area contributed by atoms with Gasteiger partial charge in [0.25, 0.3) is 11.3 Å². The van der Waals surface area contributed by atoms with E-state index in [-0.39, 0.29) is 5.82 Å². The van der Waals surface area contributed by atoms with E-state index in [2.05, 4.69) is 14.4 Å². The number of rotatable bonds is 2. The van der Waals surface area contributed by atoms with E-state index in [9.17, 15) is 4.21 Å². The molecule has 9 heavy (non-hydrogen) atoms. The molecule has 5 nitrogen and oxygen atoms in total. The fourth-order valence-corrected chi connectivity index (χ4v) is 0.639. The number of aromatic nitrogens is 1. The van der Waals surface area contributed by atoms with Crippen molar-refractivity contribution in [1.82, 2.24) is 5.16 Å². The van der Waals surface area contributed by atoms with Crippen LogP contribution in [0, 0.1) is 0 Å². The molecule has 1 heterocycles. The summed E-state index contributed by atoms with van der Waals surface area (Å²) in [6, 6.07) is 1.44. The van der Waals surface area contributed by atoms with Crippen LogP contribution >= 0.6 is 0 Å². The molecule has 1 atom stereocenters. The molecule has 6 heteroatoms. The Balaban J connectivity index is 2.58. The van der Waals surface area contributed by atoms with E-state index in [0.717, 1.165) is 0 Å². The van der Waals surface area contributed by atoms with Crippen LogP contribution in [0.25, 0.3) is 0 Å². The lowest BCUT2D eigenvalue weighted by molar-refractivity contribution is 0.423. The maximum absolute atomic E-state index is 9.98. The van der Waals surface area contributed by atoms with E-state index >= 15 is 0 Å². The Bertz CT molecular complexity index is 197. The second-order valence-electron chi connectivity index (χ2n) is 1.24. The van der Waals surface area contributed by atoms with Crippen LogP contribution in [0.4, 0.5) is 5.82 Å². The predicted molar refractivity (Wildman–Crippen MR) is 30.9 cm³/mol. The van der Waals surface area contributed by atoms with E-state index in [1.807, 2.05) is 0 Å². The van der Waals surface area contributed by atoms with Gasteiger partial charge in [-0.3, -0.25) is 9.27 Å². The number of hydrogen-bond acceptors (Lipinski definition) is 3. The monoisotopic (exact) mass is 148 g/mol. The zero-order valence-electron chi connectivity index (χ0n) is 4.27. The highest BCUT2D eigenvalue weighted by Crippen LogP contribution is 1.99. The molecule has 1 aromatic heterocycles. The summed E-state index contributed by atoms with van der Waals surface area (Å²) >= 11 is -2.07. The molecule has 2 N–H and O–H groups in total. The second kappa shape index (κ2) is 2.60. The van der Waals surface area contributed by atoms with Gasteiger partial charge in [0.05, 0.1) is 0 Å². The summed E-state index contributed by atoms with van der Waals surface area (Å²) in [6.45, 7) is 0. The van der Waals surface area contributed by atoms with Crippen molar-refractivity contribution < 1.29 is 13.3 Å². The van der Waals surface area contributed by atoms with Gasteiger partial charge in [0, 0.05) is 6.07 Å². The third kappa shape index (κ3) is 1.82. The summed E-state index contributed by atoms with van der Waals surface area (Å²) < 4.78 is 24.7. The smallest absolute Gasteiger partial charge is 0.260 e. The van der Waals surface area contributed by atoms with Crippen molar-refractivity contribution in [2.24, 2.45) is 0 Å². The quantitative estimate of drug-likeness (QED) is 0.588. The van der Waals surface area contributed by atoms with Gasteiger partial charge in [0.15, 0.2) is 5.82 Å². The standard InChI is InChI=1S/C3H4N2O3S/c6-9(7)5-3-1-2-8-4-3/h1-2H,(H,4,5)(H,6,7). The van der Waals surface area contributed by atoms with E-state index in [4.69, 9.17) is 4.55 Å². The first-order chi connectivity index (χ1) is 4.29. The van der Waals surface area contributed by atoms with Crippen LogP contribution in [-0.2, 0) is 11.3 Å². The summed E-state index contributed by atoms with van der Waals surface area (Å²) in [5.74, 6) is 0.246. The van der Waals surface area contributed by atoms with Gasteiger partial charge in [-0.1, -0.05) is 5.16 Å². The van der Waals surface area contributed by atoms with Gasteiger partial charge >= 0.3 is 0 Å². The molecule has 0 aliphatic carbocycles. The molecule has 1 aromatic rings. The normalized spacial score (nSPS) is 13.0. The SMILES string of the molecule is O=S(O)Nc1ccon1. The van der Waals surface area contributed by atoms with Crippen LogP contribution in [0.1, 0.15) is 0 Å². The van der Waals surface area contributed by atoms with Crippen molar-refractivity contribution in [3.05, 3.63) is 12.3 Å². The molecule has 0 aliphatic rings. The lowest BCUT2D eigenvalue weighted by Gasteiger charge is -1.89. The van der Waals surface area contributed by atoms with E-state index in [1.54, 1.807) is 0 Å². The molecule has 0 bridgehead atoms. The van der Waals surface area contributed by atoms with Gasteiger partial charge in [0.2, 0.25) is 0 Å². The minimum absolute atomic E-state index is 0.246. The van der Waals surface area contributed by atoms with Crippen LogP contribution in [0.2, 0.25) is 0 Å². The fourth-order valence-electron chi connectivity index (χ4n) is 0.355. The Morgan fingerprint density at radius 3 is 3.11 bits per heavy atom. The lowest BCUT2D eigenvalue weighted by atomic mass is 10.7. The number of nitrogens with zero attached hydrogens (tertiary/aromatic N) is 1. The highest BCUT2D eigenvalue weighted by molar-refractivity contribution is 7.80. The van der Waals surface area contributed by atoms with Crippen molar-refractivity contribution in [2.45, 2.75) is 0 Å². The highest BCUT2D eigenvalue weighted by Gasteiger charge is 1.95. The highest BCUT2D eigenvalue weighted by atomic mass is 32.2. The average molecular weight is 148 g/mol. The van der Waals surface area contributed by atoms with Crippen LogP contribution in [-0.4, -0.2) is 13.9 Å². The third-order valence-electron chi connectivity index (χ3n) is 0.630. The molecule has 0 radical (unpaired) electrons. The summed E-state index contributed by atoms with van der Waals surface area (Å²) in [7, 11) is 0. The Labute approximate surface area is 53.5 Å².